The maximum Gasteiger partial charge on any atom is 0.172 e. The molecule has 14 heavy (non-hydrogen) atoms. The maximum absolute atomic E-state index is 11.7. The molecule has 0 aliphatic heterocycles. The van der Waals surface area contributed by atoms with E-state index in [1.165, 1.54) is 0 Å². The second-order valence-electron chi connectivity index (χ2n) is 4.83. The zero-order chi connectivity index (χ0) is 11.6. The summed E-state index contributed by atoms with van der Waals surface area (Å²) >= 11 is 3.92. The van der Waals surface area contributed by atoms with Gasteiger partial charge in [-0.15, -0.1) is 0 Å². The molecule has 5 heteroatoms. The average Bonchev–Trinajstić information content (AvgIpc) is 1.79. The summed E-state index contributed by atoms with van der Waals surface area (Å²) in [6.07, 6.45) is 0.951. The normalized spacial score (nSPS) is 14.0. The van der Waals surface area contributed by atoms with Crippen molar-refractivity contribution in [3.63, 3.8) is 0 Å². The third kappa shape index (κ3) is 6.09. The van der Waals surface area contributed by atoms with Crippen LogP contribution in [0.5, 0.6) is 0 Å². The molecule has 0 aromatic rings. The molecule has 0 heterocycles. The van der Waals surface area contributed by atoms with Crippen LogP contribution in [0.3, 0.4) is 0 Å². The van der Waals surface area contributed by atoms with E-state index in [0.29, 0.717) is 5.92 Å². The lowest BCUT2D eigenvalue weighted by atomic mass is 9.86. The molecule has 0 saturated heterocycles. The van der Waals surface area contributed by atoms with Crippen LogP contribution in [0, 0.1) is 11.3 Å². The highest BCUT2D eigenvalue weighted by Crippen LogP contribution is 2.31. The molecule has 0 amide bonds. The van der Waals surface area contributed by atoms with Gasteiger partial charge in [0.15, 0.2) is 11.1 Å². The predicted molar refractivity (Wildman–Crippen MR) is 78.9 cm³/mol. The van der Waals surface area contributed by atoms with Gasteiger partial charge in [0, 0.05) is 0 Å². The number of sulfone groups is 1. The first-order valence-corrected chi connectivity index (χ1v) is 8.77. The van der Waals surface area contributed by atoms with Gasteiger partial charge >= 0.3 is 0 Å². The van der Waals surface area contributed by atoms with Crippen LogP contribution in [0.25, 0.3) is 0 Å². The molecule has 0 bridgehead atoms. The average molecular weight is 444 g/mol. The number of halogens is 2. The lowest BCUT2D eigenvalue weighted by Crippen LogP contribution is -2.28. The third-order valence-electron chi connectivity index (χ3n) is 1.82. The SMILES string of the molecule is CC(C)CC(C)(C)CS(=O)(=O)C(I)I. The number of alkyl halides is 2. The van der Waals surface area contributed by atoms with Gasteiger partial charge in [0.1, 0.15) is 0 Å². The molecule has 0 rings (SSSR count). The quantitative estimate of drug-likeness (QED) is 0.480. The molecule has 2 nitrogen and oxygen atoms in total. The first-order valence-electron chi connectivity index (χ1n) is 4.56. The largest absolute Gasteiger partial charge is 0.227 e. The Labute approximate surface area is 115 Å². The van der Waals surface area contributed by atoms with Crippen LogP contribution < -0.4 is 0 Å². The van der Waals surface area contributed by atoms with Gasteiger partial charge in [-0.2, -0.15) is 0 Å². The minimum Gasteiger partial charge on any atom is -0.227 e. The Morgan fingerprint density at radius 1 is 1.21 bits per heavy atom. The van der Waals surface area contributed by atoms with E-state index in [4.69, 9.17) is 0 Å². The van der Waals surface area contributed by atoms with Crippen LogP contribution in [0.15, 0.2) is 0 Å². The highest BCUT2D eigenvalue weighted by molar-refractivity contribution is 14.2. The van der Waals surface area contributed by atoms with Crippen molar-refractivity contribution in [3.8, 4) is 0 Å². The molecule has 0 radical (unpaired) electrons. The second-order valence-corrected chi connectivity index (χ2v) is 13.5. The van der Waals surface area contributed by atoms with Crippen molar-refractivity contribution in [2.45, 2.75) is 35.4 Å². The number of hydrogen-bond acceptors (Lipinski definition) is 2. The smallest absolute Gasteiger partial charge is 0.172 e. The molecular formula is C9H18I2O2S. The molecule has 0 aromatic carbocycles. The Balaban J connectivity index is 4.51. The molecule has 0 saturated carbocycles. The molecule has 0 fully saturated rings. The van der Waals surface area contributed by atoms with Crippen molar-refractivity contribution < 1.29 is 8.42 Å². The zero-order valence-corrected chi connectivity index (χ0v) is 14.2. The van der Waals surface area contributed by atoms with Gasteiger partial charge in [-0.1, -0.05) is 72.9 Å². The van der Waals surface area contributed by atoms with Gasteiger partial charge in [0.05, 0.1) is 5.75 Å². The van der Waals surface area contributed by atoms with Gasteiger partial charge in [0.25, 0.3) is 0 Å². The van der Waals surface area contributed by atoms with Crippen molar-refractivity contribution in [2.24, 2.45) is 11.3 Å². The molecule has 0 atom stereocenters. The highest BCUT2D eigenvalue weighted by Gasteiger charge is 2.30. The van der Waals surface area contributed by atoms with E-state index in [9.17, 15) is 8.42 Å². The van der Waals surface area contributed by atoms with E-state index in [0.717, 1.165) is 6.42 Å². The molecule has 0 N–H and O–H groups in total. The molecular weight excluding hydrogens is 426 g/mol. The standard InChI is InChI=1S/C9H18I2O2S/c1-7(2)5-9(3,4)6-14(12,13)8(10)11/h7-8H,5-6H2,1-4H3. The van der Waals surface area contributed by atoms with E-state index in [1.807, 2.05) is 59.0 Å². The predicted octanol–water partition coefficient (Wildman–Crippen LogP) is 3.63. The van der Waals surface area contributed by atoms with E-state index in [1.54, 1.807) is 0 Å². The summed E-state index contributed by atoms with van der Waals surface area (Å²) in [7, 11) is -2.93. The lowest BCUT2D eigenvalue weighted by Gasteiger charge is -2.26. The van der Waals surface area contributed by atoms with Crippen molar-refractivity contribution >= 4 is 55.0 Å². The minimum atomic E-state index is -2.93. The van der Waals surface area contributed by atoms with E-state index in [2.05, 4.69) is 13.8 Å². The zero-order valence-electron chi connectivity index (χ0n) is 9.05. The van der Waals surface area contributed by atoms with Crippen LogP contribution in [0.1, 0.15) is 34.1 Å². The molecule has 0 aliphatic carbocycles. The van der Waals surface area contributed by atoms with Crippen LogP contribution in [-0.4, -0.2) is 15.4 Å². The number of rotatable bonds is 5. The van der Waals surface area contributed by atoms with Gasteiger partial charge in [0.2, 0.25) is 0 Å². The number of hydrogen-bond donors (Lipinski definition) is 0. The topological polar surface area (TPSA) is 34.1 Å². The molecule has 0 spiro atoms. The van der Waals surface area contributed by atoms with Crippen molar-refractivity contribution in [1.29, 1.82) is 0 Å². The van der Waals surface area contributed by atoms with E-state index in [-0.39, 0.29) is 12.4 Å². The Bertz CT molecular complexity index is 269. The Morgan fingerprint density at radius 3 is 1.93 bits per heavy atom. The van der Waals surface area contributed by atoms with Crippen molar-refractivity contribution in [3.05, 3.63) is 0 Å². The Morgan fingerprint density at radius 2 is 1.64 bits per heavy atom. The third-order valence-corrected chi connectivity index (χ3v) is 8.20. The van der Waals surface area contributed by atoms with E-state index >= 15 is 0 Å². The summed E-state index contributed by atoms with van der Waals surface area (Å²) in [6.45, 7) is 8.31. The van der Waals surface area contributed by atoms with Crippen LogP contribution in [0.2, 0.25) is 0 Å². The van der Waals surface area contributed by atoms with Crippen LogP contribution in [-0.2, 0) is 9.84 Å². The fourth-order valence-electron chi connectivity index (χ4n) is 1.77. The summed E-state index contributed by atoms with van der Waals surface area (Å²) in [5.74, 6) is 0.830. The van der Waals surface area contributed by atoms with Gasteiger partial charge in [-0.3, -0.25) is 0 Å². The monoisotopic (exact) mass is 444 g/mol. The molecule has 0 unspecified atom stereocenters. The first kappa shape index (κ1) is 15.4. The fraction of sp³-hybridized carbons (Fsp3) is 1.00. The summed E-state index contributed by atoms with van der Waals surface area (Å²) in [5, 5.41) is 0. The maximum atomic E-state index is 11.7. The Kier molecular flexibility index (Phi) is 6.22. The van der Waals surface area contributed by atoms with Gasteiger partial charge in [-0.05, 0) is 17.8 Å². The molecule has 86 valence electrons. The van der Waals surface area contributed by atoms with Crippen LogP contribution >= 0.6 is 45.2 Å². The molecule has 0 aliphatic rings. The summed E-state index contributed by atoms with van der Waals surface area (Å²) in [5.41, 5.74) is -0.110. The van der Waals surface area contributed by atoms with Crippen LogP contribution in [0.4, 0.5) is 0 Å². The van der Waals surface area contributed by atoms with Crippen molar-refractivity contribution in [2.75, 3.05) is 5.75 Å². The summed E-state index contributed by atoms with van der Waals surface area (Å²) in [6, 6.07) is 0. The summed E-state index contributed by atoms with van der Waals surface area (Å²) in [4.78, 5) is 0. The first-order chi connectivity index (χ1) is 6.07. The van der Waals surface area contributed by atoms with E-state index < -0.39 is 9.84 Å². The fourth-order valence-corrected chi connectivity index (χ4v) is 4.18. The highest BCUT2D eigenvalue weighted by atomic mass is 127. The van der Waals surface area contributed by atoms with Crippen molar-refractivity contribution in [1.82, 2.24) is 0 Å². The lowest BCUT2D eigenvalue weighted by molar-refractivity contribution is 0.322. The molecule has 0 aromatic heterocycles. The second kappa shape index (κ2) is 5.65. The minimum absolute atomic E-state index is 0.110. The Hall–Kier alpha value is 1.41. The van der Waals surface area contributed by atoms with Gasteiger partial charge < -0.3 is 0 Å². The summed E-state index contributed by atoms with van der Waals surface area (Å²) < 4.78 is 23.1. The van der Waals surface area contributed by atoms with Gasteiger partial charge in [-0.25, -0.2) is 8.42 Å².